The van der Waals surface area contributed by atoms with E-state index in [9.17, 15) is 0 Å². The molecule has 0 heterocycles. The maximum atomic E-state index is 5.97. The van der Waals surface area contributed by atoms with Crippen LogP contribution in [0.15, 0.2) is 30.3 Å². The fourth-order valence-corrected chi connectivity index (χ4v) is 3.09. The van der Waals surface area contributed by atoms with Gasteiger partial charge in [-0.25, -0.2) is 0 Å². The van der Waals surface area contributed by atoms with Crippen molar-refractivity contribution in [2.45, 2.75) is 77.5 Å². The Bertz CT molecular complexity index is 365. The van der Waals surface area contributed by atoms with Crippen molar-refractivity contribution >= 4 is 8.81 Å². The molecule has 1 atom stereocenters. The average molecular weight is 324 g/mol. The summed E-state index contributed by atoms with van der Waals surface area (Å²) in [7, 11) is 0.374. The van der Waals surface area contributed by atoms with Crippen LogP contribution in [0, 0.1) is 0 Å². The largest absolute Gasteiger partial charge is 0.481 e. The molecule has 1 unspecified atom stereocenters. The molecule has 2 nitrogen and oxygen atoms in total. The minimum atomic E-state index is -0.249. The first kappa shape index (κ1) is 19.5. The Hall–Kier alpha value is -0.590. The van der Waals surface area contributed by atoms with Gasteiger partial charge in [0.25, 0.3) is 0 Å². The third kappa shape index (κ3) is 10.2. The van der Waals surface area contributed by atoms with Crippen LogP contribution in [0.4, 0.5) is 0 Å². The highest BCUT2D eigenvalue weighted by Gasteiger charge is 2.20. The maximum Gasteiger partial charge on any atom is 0.144 e. The molecule has 0 bridgehead atoms. The molecule has 1 rings (SSSR count). The molecule has 0 aliphatic heterocycles. The van der Waals surface area contributed by atoms with Gasteiger partial charge in [-0.15, -0.1) is 0 Å². The second kappa shape index (κ2) is 11.9. The number of hydrogen-bond donors (Lipinski definition) is 0. The van der Waals surface area contributed by atoms with E-state index < -0.39 is 0 Å². The van der Waals surface area contributed by atoms with Crippen molar-refractivity contribution in [3.8, 4) is 5.75 Å². The number of unbranched alkanes of at least 4 members (excludes halogenated alkanes) is 7. The smallest absolute Gasteiger partial charge is 0.144 e. The van der Waals surface area contributed by atoms with E-state index in [1.54, 1.807) is 0 Å². The summed E-state index contributed by atoms with van der Waals surface area (Å²) >= 11 is 0. The standard InChI is InChI=1S/C19H33O2P/c1-4-5-6-7-8-9-10-14-17-20-22-19(2,3)21-18-15-12-11-13-16-18/h11-13,15-16,22H,4-10,14,17H2,1-3H3. The first-order chi connectivity index (χ1) is 10.6. The zero-order chi connectivity index (χ0) is 16.1. The number of rotatable bonds is 13. The minimum Gasteiger partial charge on any atom is -0.481 e. The number of hydrogen-bond acceptors (Lipinski definition) is 2. The molecular formula is C19H33O2P. The van der Waals surface area contributed by atoms with Crippen molar-refractivity contribution in [1.82, 2.24) is 0 Å². The van der Waals surface area contributed by atoms with Gasteiger partial charge in [0.15, 0.2) is 0 Å². The monoisotopic (exact) mass is 324 g/mol. The van der Waals surface area contributed by atoms with E-state index in [0.717, 1.165) is 12.4 Å². The van der Waals surface area contributed by atoms with Crippen LogP contribution in [0.5, 0.6) is 5.75 Å². The van der Waals surface area contributed by atoms with E-state index >= 15 is 0 Å². The van der Waals surface area contributed by atoms with Gasteiger partial charge in [-0.2, -0.15) is 0 Å². The minimum absolute atomic E-state index is 0.249. The molecule has 1 aromatic carbocycles. The van der Waals surface area contributed by atoms with Gasteiger partial charge in [-0.3, -0.25) is 0 Å². The number of para-hydroxylation sites is 1. The fraction of sp³-hybridized carbons (Fsp3) is 0.684. The van der Waals surface area contributed by atoms with Crippen molar-refractivity contribution in [2.24, 2.45) is 0 Å². The van der Waals surface area contributed by atoms with E-state index in [4.69, 9.17) is 9.26 Å². The Kier molecular flexibility index (Phi) is 10.5. The molecule has 0 fully saturated rings. The molecule has 22 heavy (non-hydrogen) atoms. The molecule has 1 aromatic rings. The lowest BCUT2D eigenvalue weighted by Gasteiger charge is -2.25. The fourth-order valence-electron chi connectivity index (χ4n) is 2.34. The number of benzene rings is 1. The normalized spacial score (nSPS) is 12.1. The number of ether oxygens (including phenoxy) is 1. The SMILES string of the molecule is CCCCCCCCCCOPC(C)(C)Oc1ccccc1. The summed E-state index contributed by atoms with van der Waals surface area (Å²) < 4.78 is 11.8. The van der Waals surface area contributed by atoms with Crippen LogP contribution in [0.1, 0.15) is 72.1 Å². The summed E-state index contributed by atoms with van der Waals surface area (Å²) in [4.78, 5) is 0. The Morgan fingerprint density at radius 2 is 1.45 bits per heavy atom. The van der Waals surface area contributed by atoms with E-state index in [0.29, 0.717) is 8.81 Å². The Labute approximate surface area is 138 Å². The third-order valence-electron chi connectivity index (χ3n) is 3.53. The van der Waals surface area contributed by atoms with E-state index in [1.807, 2.05) is 30.3 Å². The van der Waals surface area contributed by atoms with Gasteiger partial charge in [-0.1, -0.05) is 70.1 Å². The van der Waals surface area contributed by atoms with Gasteiger partial charge < -0.3 is 9.26 Å². The average Bonchev–Trinajstić information content (AvgIpc) is 2.49. The second-order valence-electron chi connectivity index (χ2n) is 6.35. The second-order valence-corrected chi connectivity index (χ2v) is 8.05. The molecule has 0 aliphatic carbocycles. The predicted molar refractivity (Wildman–Crippen MR) is 98.0 cm³/mol. The van der Waals surface area contributed by atoms with Gasteiger partial charge in [0.1, 0.15) is 11.1 Å². The topological polar surface area (TPSA) is 18.5 Å². The Morgan fingerprint density at radius 1 is 0.864 bits per heavy atom. The molecule has 0 amide bonds. The summed E-state index contributed by atoms with van der Waals surface area (Å²) in [6.07, 6.45) is 10.7. The van der Waals surface area contributed by atoms with E-state index in [-0.39, 0.29) is 5.34 Å². The van der Waals surface area contributed by atoms with Crippen molar-refractivity contribution in [3.63, 3.8) is 0 Å². The zero-order valence-corrected chi connectivity index (χ0v) is 15.6. The zero-order valence-electron chi connectivity index (χ0n) is 14.6. The van der Waals surface area contributed by atoms with Crippen LogP contribution in [-0.4, -0.2) is 11.9 Å². The van der Waals surface area contributed by atoms with Crippen LogP contribution in [-0.2, 0) is 4.52 Å². The highest BCUT2D eigenvalue weighted by molar-refractivity contribution is 7.34. The first-order valence-corrected chi connectivity index (χ1v) is 9.68. The lowest BCUT2D eigenvalue weighted by atomic mass is 10.1. The van der Waals surface area contributed by atoms with Crippen LogP contribution >= 0.6 is 8.81 Å². The molecular weight excluding hydrogens is 291 g/mol. The van der Waals surface area contributed by atoms with Crippen molar-refractivity contribution in [1.29, 1.82) is 0 Å². The van der Waals surface area contributed by atoms with Gasteiger partial charge in [0.2, 0.25) is 0 Å². The summed E-state index contributed by atoms with van der Waals surface area (Å²) in [5.41, 5.74) is 0. The maximum absolute atomic E-state index is 5.97. The summed E-state index contributed by atoms with van der Waals surface area (Å²) in [5, 5.41) is -0.249. The molecule has 126 valence electrons. The van der Waals surface area contributed by atoms with E-state index in [2.05, 4.69) is 20.8 Å². The lowest BCUT2D eigenvalue weighted by Crippen LogP contribution is -2.22. The quantitative estimate of drug-likeness (QED) is 0.302. The molecule has 0 saturated carbocycles. The summed E-state index contributed by atoms with van der Waals surface area (Å²) in [5.74, 6) is 0.913. The predicted octanol–water partition coefficient (Wildman–Crippen LogP) is 6.55. The highest BCUT2D eigenvalue weighted by atomic mass is 31.1. The van der Waals surface area contributed by atoms with Crippen molar-refractivity contribution in [3.05, 3.63) is 30.3 Å². The van der Waals surface area contributed by atoms with Gasteiger partial charge in [0, 0.05) is 0 Å². The molecule has 3 heteroatoms. The van der Waals surface area contributed by atoms with Crippen LogP contribution < -0.4 is 4.74 Å². The molecule has 0 N–H and O–H groups in total. The van der Waals surface area contributed by atoms with Crippen LogP contribution in [0.25, 0.3) is 0 Å². The molecule has 0 saturated heterocycles. The molecule has 0 radical (unpaired) electrons. The van der Waals surface area contributed by atoms with Gasteiger partial charge in [0.05, 0.1) is 15.4 Å². The molecule has 0 aromatic heterocycles. The van der Waals surface area contributed by atoms with Crippen molar-refractivity contribution in [2.75, 3.05) is 6.61 Å². The van der Waals surface area contributed by atoms with Gasteiger partial charge in [-0.05, 0) is 32.4 Å². The Balaban J connectivity index is 1.99. The lowest BCUT2D eigenvalue weighted by molar-refractivity contribution is 0.183. The van der Waals surface area contributed by atoms with Crippen LogP contribution in [0.2, 0.25) is 0 Å². The van der Waals surface area contributed by atoms with E-state index in [1.165, 1.54) is 51.4 Å². The summed E-state index contributed by atoms with van der Waals surface area (Å²) in [6, 6.07) is 9.97. The van der Waals surface area contributed by atoms with Crippen molar-refractivity contribution < 1.29 is 9.26 Å². The van der Waals surface area contributed by atoms with Crippen LogP contribution in [0.3, 0.4) is 0 Å². The highest BCUT2D eigenvalue weighted by Crippen LogP contribution is 2.34. The third-order valence-corrected chi connectivity index (χ3v) is 4.48. The summed E-state index contributed by atoms with van der Waals surface area (Å²) in [6.45, 7) is 7.30. The molecule has 0 spiro atoms. The molecule has 0 aliphatic rings. The van der Waals surface area contributed by atoms with Gasteiger partial charge >= 0.3 is 0 Å². The first-order valence-electron chi connectivity index (χ1n) is 8.77. The Morgan fingerprint density at radius 3 is 2.09 bits per heavy atom.